The Labute approximate surface area is 188 Å². The largest absolute Gasteiger partial charge is 0.508 e. The summed E-state index contributed by atoms with van der Waals surface area (Å²) in [5.74, 6) is -0.819. The molecule has 166 valence electrons. The Morgan fingerprint density at radius 3 is 2.38 bits per heavy atom. The van der Waals surface area contributed by atoms with Gasteiger partial charge in [-0.2, -0.15) is 0 Å². The molecule has 0 saturated carbocycles. The summed E-state index contributed by atoms with van der Waals surface area (Å²) >= 11 is 0. The zero-order valence-corrected chi connectivity index (χ0v) is 18.9. The van der Waals surface area contributed by atoms with Gasteiger partial charge in [-0.1, -0.05) is 35.4 Å². The molecular formula is C27H28FNO3. The molecule has 0 spiro atoms. The number of hydrogen-bond acceptors (Lipinski definition) is 4. The van der Waals surface area contributed by atoms with Gasteiger partial charge in [-0.15, -0.1) is 0 Å². The van der Waals surface area contributed by atoms with Crippen molar-refractivity contribution in [3.63, 3.8) is 0 Å². The molecule has 5 heteroatoms. The van der Waals surface area contributed by atoms with E-state index >= 15 is 0 Å². The first-order valence-electron chi connectivity index (χ1n) is 10.4. The molecule has 0 aliphatic heterocycles. The molecule has 1 N–H and O–H groups in total. The van der Waals surface area contributed by atoms with Gasteiger partial charge in [0.15, 0.2) is 5.78 Å². The Morgan fingerprint density at radius 2 is 1.72 bits per heavy atom. The Balaban J connectivity index is 1.95. The van der Waals surface area contributed by atoms with Gasteiger partial charge in [-0.3, -0.25) is 4.79 Å². The van der Waals surface area contributed by atoms with Gasteiger partial charge in [0, 0.05) is 18.2 Å². The minimum absolute atomic E-state index is 0.0976. The van der Waals surface area contributed by atoms with Crippen LogP contribution in [0.4, 0.5) is 4.39 Å². The first-order chi connectivity index (χ1) is 15.2. The molecule has 0 aliphatic rings. The standard InChI is InChI=1S/C27H28FNO3/c1-18-13-19(2)15-22(14-18)20-6-10-27(32-12-11-29(3)4)21(16-20)5-9-26(31)24-8-7-23(30)17-25(24)28/h5-10,13-17,30H,11-12H2,1-4H3. The molecule has 0 atom stereocenters. The summed E-state index contributed by atoms with van der Waals surface area (Å²) in [4.78, 5) is 14.6. The molecule has 0 unspecified atom stereocenters. The van der Waals surface area contributed by atoms with Crippen LogP contribution in [0.2, 0.25) is 0 Å². The number of benzene rings is 3. The quantitative estimate of drug-likeness (QED) is 0.368. The Bertz CT molecular complexity index is 1130. The number of hydrogen-bond donors (Lipinski definition) is 1. The number of carbonyl (C=O) groups is 1. The molecule has 0 saturated heterocycles. The van der Waals surface area contributed by atoms with Gasteiger partial charge in [-0.05, 0) is 75.5 Å². The molecule has 0 aromatic heterocycles. The van der Waals surface area contributed by atoms with E-state index in [1.54, 1.807) is 6.08 Å². The highest BCUT2D eigenvalue weighted by Crippen LogP contribution is 2.29. The maximum Gasteiger partial charge on any atom is 0.188 e. The predicted octanol–water partition coefficient (Wildman–Crippen LogP) is 5.65. The molecule has 3 aromatic carbocycles. The maximum atomic E-state index is 14.1. The normalized spacial score (nSPS) is 11.3. The van der Waals surface area contributed by atoms with Gasteiger partial charge in [0.25, 0.3) is 0 Å². The number of phenols is 1. The summed E-state index contributed by atoms with van der Waals surface area (Å²) in [6.07, 6.45) is 2.97. The fourth-order valence-electron chi connectivity index (χ4n) is 3.43. The lowest BCUT2D eigenvalue weighted by atomic mass is 9.98. The fraction of sp³-hybridized carbons (Fsp3) is 0.222. The van der Waals surface area contributed by atoms with Crippen molar-refractivity contribution in [2.24, 2.45) is 0 Å². The molecule has 4 nitrogen and oxygen atoms in total. The summed E-state index contributed by atoms with van der Waals surface area (Å²) in [5.41, 5.74) is 5.04. The SMILES string of the molecule is Cc1cc(C)cc(-c2ccc(OCCN(C)C)c(C=CC(=O)c3ccc(O)cc3F)c2)c1. The molecule has 0 heterocycles. The average molecular weight is 434 g/mol. The van der Waals surface area contributed by atoms with Gasteiger partial charge in [0.05, 0.1) is 5.56 Å². The summed E-state index contributed by atoms with van der Waals surface area (Å²) in [6.45, 7) is 5.36. The second-order valence-corrected chi connectivity index (χ2v) is 8.14. The van der Waals surface area contributed by atoms with Crippen molar-refractivity contribution in [2.45, 2.75) is 13.8 Å². The van der Waals surface area contributed by atoms with Crippen molar-refractivity contribution in [3.8, 4) is 22.6 Å². The van der Waals surface area contributed by atoms with Gasteiger partial charge in [0.2, 0.25) is 0 Å². The number of ketones is 1. The summed E-state index contributed by atoms with van der Waals surface area (Å²) < 4.78 is 20.0. The Hall–Kier alpha value is -3.44. The molecule has 3 rings (SSSR count). The number of carbonyl (C=O) groups excluding carboxylic acids is 1. The van der Waals surface area contributed by atoms with Crippen molar-refractivity contribution >= 4 is 11.9 Å². The summed E-state index contributed by atoms with van der Waals surface area (Å²) in [5, 5.41) is 9.37. The predicted molar refractivity (Wildman–Crippen MR) is 127 cm³/mol. The number of halogens is 1. The van der Waals surface area contributed by atoms with E-state index in [4.69, 9.17) is 4.74 Å². The minimum Gasteiger partial charge on any atom is -0.508 e. The molecule has 3 aromatic rings. The summed E-state index contributed by atoms with van der Waals surface area (Å²) in [7, 11) is 3.94. The van der Waals surface area contributed by atoms with Crippen molar-refractivity contribution < 1.29 is 19.0 Å². The first kappa shape index (κ1) is 23.2. The third kappa shape index (κ3) is 6.05. The third-order valence-electron chi connectivity index (χ3n) is 4.99. The van der Waals surface area contributed by atoms with E-state index in [1.165, 1.54) is 29.3 Å². The van der Waals surface area contributed by atoms with Crippen molar-refractivity contribution in [3.05, 3.63) is 88.7 Å². The number of ether oxygens (including phenoxy) is 1. The number of aryl methyl sites for hydroxylation is 2. The first-order valence-corrected chi connectivity index (χ1v) is 10.4. The fourth-order valence-corrected chi connectivity index (χ4v) is 3.43. The van der Waals surface area contributed by atoms with Crippen LogP contribution < -0.4 is 4.74 Å². The lowest BCUT2D eigenvalue weighted by Crippen LogP contribution is -2.19. The van der Waals surface area contributed by atoms with Gasteiger partial charge in [0.1, 0.15) is 23.9 Å². The molecule has 0 radical (unpaired) electrons. The van der Waals surface area contributed by atoms with E-state index in [0.29, 0.717) is 12.4 Å². The van der Waals surface area contributed by atoms with E-state index in [-0.39, 0.29) is 11.3 Å². The molecular weight excluding hydrogens is 405 g/mol. The Morgan fingerprint density at radius 1 is 1.00 bits per heavy atom. The van der Waals surface area contributed by atoms with Crippen LogP contribution in [0.1, 0.15) is 27.0 Å². The van der Waals surface area contributed by atoms with Gasteiger partial charge >= 0.3 is 0 Å². The lowest BCUT2D eigenvalue weighted by molar-refractivity contribution is 0.104. The van der Waals surface area contributed by atoms with Crippen LogP contribution in [0.5, 0.6) is 11.5 Å². The van der Waals surface area contributed by atoms with Crippen molar-refractivity contribution in [1.82, 2.24) is 4.90 Å². The van der Waals surface area contributed by atoms with Crippen LogP contribution in [-0.2, 0) is 0 Å². The molecule has 0 amide bonds. The Kier molecular flexibility index (Phi) is 7.44. The highest BCUT2D eigenvalue weighted by atomic mass is 19.1. The van der Waals surface area contributed by atoms with Crippen molar-refractivity contribution in [2.75, 3.05) is 27.2 Å². The maximum absolute atomic E-state index is 14.1. The highest BCUT2D eigenvalue weighted by Gasteiger charge is 2.11. The van der Waals surface area contributed by atoms with E-state index in [2.05, 4.69) is 32.0 Å². The van der Waals surface area contributed by atoms with Crippen LogP contribution >= 0.6 is 0 Å². The topological polar surface area (TPSA) is 49.8 Å². The van der Waals surface area contributed by atoms with Crippen LogP contribution in [0.15, 0.2) is 60.7 Å². The smallest absolute Gasteiger partial charge is 0.188 e. The highest BCUT2D eigenvalue weighted by molar-refractivity contribution is 6.07. The number of likely N-dealkylation sites (N-methyl/N-ethyl adjacent to an activating group) is 1. The molecule has 0 aliphatic carbocycles. The van der Waals surface area contributed by atoms with E-state index in [1.807, 2.05) is 37.2 Å². The van der Waals surface area contributed by atoms with Crippen LogP contribution in [0.3, 0.4) is 0 Å². The molecule has 0 fully saturated rings. The minimum atomic E-state index is -0.758. The number of rotatable bonds is 8. The lowest BCUT2D eigenvalue weighted by Gasteiger charge is -2.14. The third-order valence-corrected chi connectivity index (χ3v) is 4.99. The zero-order valence-electron chi connectivity index (χ0n) is 18.9. The monoisotopic (exact) mass is 433 g/mol. The van der Waals surface area contributed by atoms with Crippen molar-refractivity contribution in [1.29, 1.82) is 0 Å². The number of allylic oxidation sites excluding steroid dienone is 1. The van der Waals surface area contributed by atoms with Crippen LogP contribution in [0, 0.1) is 19.7 Å². The number of nitrogens with zero attached hydrogens (tertiary/aromatic N) is 1. The van der Waals surface area contributed by atoms with Gasteiger partial charge in [-0.25, -0.2) is 4.39 Å². The second-order valence-electron chi connectivity index (χ2n) is 8.14. The average Bonchev–Trinajstić information content (AvgIpc) is 2.71. The van der Waals surface area contributed by atoms with E-state index < -0.39 is 11.6 Å². The zero-order chi connectivity index (χ0) is 23.3. The van der Waals surface area contributed by atoms with E-state index in [0.717, 1.165) is 29.3 Å². The van der Waals surface area contributed by atoms with Crippen LogP contribution in [0.25, 0.3) is 17.2 Å². The molecule has 32 heavy (non-hydrogen) atoms. The van der Waals surface area contributed by atoms with E-state index in [9.17, 15) is 14.3 Å². The summed E-state index contributed by atoms with van der Waals surface area (Å²) in [6, 6.07) is 15.7. The number of phenolic OH excluding ortho intramolecular Hbond substituents is 1. The second kappa shape index (κ2) is 10.2. The van der Waals surface area contributed by atoms with Crippen LogP contribution in [-0.4, -0.2) is 43.0 Å². The molecule has 0 bridgehead atoms. The number of aromatic hydroxyl groups is 1. The van der Waals surface area contributed by atoms with Gasteiger partial charge < -0.3 is 14.7 Å².